The first-order valence-corrected chi connectivity index (χ1v) is 6.90. The molecular formula is C16H12ClNO3. The Hall–Kier alpha value is -2.33. The molecule has 0 bridgehead atoms. The number of rotatable bonds is 4. The van der Waals surface area contributed by atoms with Gasteiger partial charge in [-0.1, -0.05) is 23.7 Å². The number of oxazole rings is 1. The Morgan fingerprint density at radius 1 is 1.14 bits per heavy atom. The topological polar surface area (TPSA) is 63.1 Å². The summed E-state index contributed by atoms with van der Waals surface area (Å²) in [6.07, 6.45) is 1.03. The molecule has 0 unspecified atom stereocenters. The molecule has 0 radical (unpaired) electrons. The highest BCUT2D eigenvalue weighted by Crippen LogP contribution is 2.16. The van der Waals surface area contributed by atoms with E-state index in [1.54, 1.807) is 18.2 Å². The summed E-state index contributed by atoms with van der Waals surface area (Å²) in [5, 5.41) is 0.679. The molecule has 0 fully saturated rings. The van der Waals surface area contributed by atoms with Gasteiger partial charge in [-0.15, -0.1) is 0 Å². The van der Waals surface area contributed by atoms with Crippen molar-refractivity contribution in [2.45, 2.75) is 12.8 Å². The molecule has 0 saturated carbocycles. The maximum atomic E-state index is 12.2. The van der Waals surface area contributed by atoms with Crippen molar-refractivity contribution in [2.24, 2.45) is 0 Å². The molecule has 1 aromatic heterocycles. The standard InChI is InChI=1S/C16H12ClNO3/c17-12-5-1-10(2-6-12)3-8-14(19)11-4-7-13-15(9-11)21-16(20)18-13/h1-2,4-7,9H,3,8H2,(H,18,20). The van der Waals surface area contributed by atoms with Crippen molar-refractivity contribution in [1.29, 1.82) is 0 Å². The first-order chi connectivity index (χ1) is 10.1. The number of hydrogen-bond donors (Lipinski definition) is 1. The van der Waals surface area contributed by atoms with Gasteiger partial charge in [-0.25, -0.2) is 4.79 Å². The Morgan fingerprint density at radius 2 is 1.90 bits per heavy atom. The van der Waals surface area contributed by atoms with Crippen LogP contribution in [0.2, 0.25) is 5.02 Å². The number of nitrogens with one attached hydrogen (secondary N) is 1. The molecule has 0 saturated heterocycles. The summed E-state index contributed by atoms with van der Waals surface area (Å²) in [5.41, 5.74) is 2.59. The van der Waals surface area contributed by atoms with Crippen molar-refractivity contribution >= 4 is 28.5 Å². The molecule has 1 N–H and O–H groups in total. The number of carbonyl (C=O) groups is 1. The number of aryl methyl sites for hydroxylation is 1. The van der Waals surface area contributed by atoms with Gasteiger partial charge in [0.2, 0.25) is 0 Å². The Kier molecular flexibility index (Phi) is 3.62. The van der Waals surface area contributed by atoms with Crippen molar-refractivity contribution in [2.75, 3.05) is 0 Å². The molecule has 3 aromatic rings. The van der Waals surface area contributed by atoms with Gasteiger partial charge in [0.05, 0.1) is 5.52 Å². The number of halogens is 1. The van der Waals surface area contributed by atoms with E-state index in [1.165, 1.54) is 0 Å². The molecule has 1 heterocycles. The monoisotopic (exact) mass is 301 g/mol. The largest absolute Gasteiger partial charge is 0.417 e. The number of H-pyrrole nitrogens is 1. The number of Topliss-reactive ketones (excluding diaryl/α,β-unsaturated/α-hetero) is 1. The minimum Gasteiger partial charge on any atom is -0.408 e. The lowest BCUT2D eigenvalue weighted by atomic mass is 10.0. The summed E-state index contributed by atoms with van der Waals surface area (Å²) in [7, 11) is 0. The molecule has 0 aliphatic rings. The van der Waals surface area contributed by atoms with Crippen LogP contribution in [0.3, 0.4) is 0 Å². The summed E-state index contributed by atoms with van der Waals surface area (Å²) in [6.45, 7) is 0. The molecule has 0 amide bonds. The minimum atomic E-state index is -0.518. The Morgan fingerprint density at radius 3 is 2.67 bits per heavy atom. The third-order valence-corrected chi connectivity index (χ3v) is 3.55. The number of hydrogen-bond acceptors (Lipinski definition) is 3. The van der Waals surface area contributed by atoms with Crippen molar-refractivity contribution in [1.82, 2.24) is 4.98 Å². The van der Waals surface area contributed by atoms with E-state index < -0.39 is 5.76 Å². The fraction of sp³-hybridized carbons (Fsp3) is 0.125. The smallest absolute Gasteiger partial charge is 0.408 e. The maximum Gasteiger partial charge on any atom is 0.417 e. The number of carbonyl (C=O) groups excluding carboxylic acids is 1. The molecule has 0 aliphatic heterocycles. The van der Waals surface area contributed by atoms with Crippen LogP contribution in [0, 0.1) is 0 Å². The van der Waals surface area contributed by atoms with Crippen LogP contribution in [-0.4, -0.2) is 10.8 Å². The van der Waals surface area contributed by atoms with Crippen LogP contribution in [0.5, 0.6) is 0 Å². The molecule has 106 valence electrons. The normalized spacial score (nSPS) is 10.9. The highest BCUT2D eigenvalue weighted by atomic mass is 35.5. The molecule has 4 nitrogen and oxygen atoms in total. The third-order valence-electron chi connectivity index (χ3n) is 3.30. The van der Waals surface area contributed by atoms with Gasteiger partial charge in [-0.05, 0) is 42.3 Å². The van der Waals surface area contributed by atoms with E-state index in [9.17, 15) is 9.59 Å². The molecular weight excluding hydrogens is 290 g/mol. The van der Waals surface area contributed by atoms with Crippen molar-refractivity contribution < 1.29 is 9.21 Å². The first-order valence-electron chi connectivity index (χ1n) is 6.52. The predicted molar refractivity (Wildman–Crippen MR) is 80.9 cm³/mol. The van der Waals surface area contributed by atoms with Crippen molar-refractivity contribution in [3.05, 3.63) is 69.2 Å². The second-order valence-electron chi connectivity index (χ2n) is 4.78. The quantitative estimate of drug-likeness (QED) is 0.749. The molecule has 21 heavy (non-hydrogen) atoms. The van der Waals surface area contributed by atoms with E-state index in [4.69, 9.17) is 16.0 Å². The number of benzene rings is 2. The Bertz CT molecular complexity index is 846. The van der Waals surface area contributed by atoms with Gasteiger partial charge in [0.25, 0.3) is 0 Å². The maximum absolute atomic E-state index is 12.2. The second-order valence-corrected chi connectivity index (χ2v) is 5.21. The predicted octanol–water partition coefficient (Wildman–Crippen LogP) is 3.59. The molecule has 0 aliphatic carbocycles. The van der Waals surface area contributed by atoms with Crippen molar-refractivity contribution in [3.8, 4) is 0 Å². The zero-order valence-electron chi connectivity index (χ0n) is 11.1. The van der Waals surface area contributed by atoms with Gasteiger partial charge in [0.1, 0.15) is 0 Å². The Labute approximate surface area is 125 Å². The highest BCUT2D eigenvalue weighted by Gasteiger charge is 2.09. The molecule has 3 rings (SSSR count). The van der Waals surface area contributed by atoms with Gasteiger partial charge in [0.15, 0.2) is 11.4 Å². The highest BCUT2D eigenvalue weighted by molar-refractivity contribution is 6.30. The molecule has 0 atom stereocenters. The van der Waals surface area contributed by atoms with E-state index in [-0.39, 0.29) is 5.78 Å². The van der Waals surface area contributed by atoms with Gasteiger partial charge in [-0.2, -0.15) is 0 Å². The van der Waals surface area contributed by atoms with E-state index in [0.717, 1.165) is 5.56 Å². The SMILES string of the molecule is O=C(CCc1ccc(Cl)cc1)c1ccc2[nH]c(=O)oc2c1. The summed E-state index contributed by atoms with van der Waals surface area (Å²) in [4.78, 5) is 25.8. The lowest BCUT2D eigenvalue weighted by Gasteiger charge is -2.02. The van der Waals surface area contributed by atoms with Gasteiger partial charge < -0.3 is 4.42 Å². The molecule has 0 spiro atoms. The van der Waals surface area contributed by atoms with Crippen LogP contribution in [0.25, 0.3) is 11.1 Å². The van der Waals surface area contributed by atoms with Crippen LogP contribution in [0.4, 0.5) is 0 Å². The summed E-state index contributed by atoms with van der Waals surface area (Å²) < 4.78 is 4.96. The fourth-order valence-corrected chi connectivity index (χ4v) is 2.30. The molecule has 2 aromatic carbocycles. The number of aromatic amines is 1. The van der Waals surface area contributed by atoms with Crippen LogP contribution >= 0.6 is 11.6 Å². The van der Waals surface area contributed by atoms with E-state index in [0.29, 0.717) is 34.5 Å². The fourth-order valence-electron chi connectivity index (χ4n) is 2.17. The van der Waals surface area contributed by atoms with Crippen LogP contribution in [-0.2, 0) is 6.42 Å². The van der Waals surface area contributed by atoms with E-state index in [1.807, 2.05) is 24.3 Å². The number of ketones is 1. The van der Waals surface area contributed by atoms with Crippen LogP contribution < -0.4 is 5.76 Å². The summed E-state index contributed by atoms with van der Waals surface area (Å²) >= 11 is 5.82. The summed E-state index contributed by atoms with van der Waals surface area (Å²) in [6, 6.07) is 12.4. The lowest BCUT2D eigenvalue weighted by molar-refractivity contribution is 0.0983. The molecule has 5 heteroatoms. The number of aromatic nitrogens is 1. The minimum absolute atomic E-state index is 0.00991. The first kappa shape index (κ1) is 13.6. The Balaban J connectivity index is 1.74. The van der Waals surface area contributed by atoms with Crippen molar-refractivity contribution in [3.63, 3.8) is 0 Å². The average Bonchev–Trinajstić information content (AvgIpc) is 2.85. The van der Waals surface area contributed by atoms with Crippen LogP contribution in [0.15, 0.2) is 51.7 Å². The van der Waals surface area contributed by atoms with Gasteiger partial charge in [-0.3, -0.25) is 9.78 Å². The lowest BCUT2D eigenvalue weighted by Crippen LogP contribution is -2.01. The zero-order chi connectivity index (χ0) is 14.8. The zero-order valence-corrected chi connectivity index (χ0v) is 11.8. The van der Waals surface area contributed by atoms with Gasteiger partial charge in [0, 0.05) is 17.0 Å². The third kappa shape index (κ3) is 3.06. The second kappa shape index (κ2) is 5.58. The van der Waals surface area contributed by atoms with Gasteiger partial charge >= 0.3 is 5.76 Å². The van der Waals surface area contributed by atoms with E-state index in [2.05, 4.69) is 4.98 Å². The average molecular weight is 302 g/mol. The van der Waals surface area contributed by atoms with E-state index >= 15 is 0 Å². The summed E-state index contributed by atoms with van der Waals surface area (Å²) in [5.74, 6) is -0.508. The van der Waals surface area contributed by atoms with Crippen LogP contribution in [0.1, 0.15) is 22.3 Å². The number of fused-ring (bicyclic) bond motifs is 1.